The number of carboxylic acid groups (broad SMARTS) is 1. The van der Waals surface area contributed by atoms with Gasteiger partial charge in [-0.1, -0.05) is 103 Å². The van der Waals surface area contributed by atoms with Crippen molar-refractivity contribution in [3.63, 3.8) is 0 Å². The van der Waals surface area contributed by atoms with Crippen LogP contribution in [0, 0.1) is 0 Å². The number of aryl methyl sites for hydroxylation is 1. The molecule has 3 heteroatoms. The van der Waals surface area contributed by atoms with Gasteiger partial charge in [0.25, 0.3) is 0 Å². The molecule has 2 nitrogen and oxygen atoms in total. The summed E-state index contributed by atoms with van der Waals surface area (Å²) in [6, 6.07) is 7.35. The SMILES string of the molecule is CC1(C)CCC(C)(C)c2cc(CCCCCCCC/C=C\CCCCCCCC(=O)[O-])ccc21.[Na+]. The van der Waals surface area contributed by atoms with Gasteiger partial charge < -0.3 is 9.90 Å². The fourth-order valence-corrected chi connectivity index (χ4v) is 5.39. The van der Waals surface area contributed by atoms with Crippen molar-refractivity contribution in [2.24, 2.45) is 0 Å². The van der Waals surface area contributed by atoms with Crippen LogP contribution in [-0.4, -0.2) is 5.97 Å². The molecule has 0 N–H and O–H groups in total. The van der Waals surface area contributed by atoms with E-state index in [-0.39, 0.29) is 36.0 Å². The van der Waals surface area contributed by atoms with Gasteiger partial charge in [0.1, 0.15) is 0 Å². The second kappa shape index (κ2) is 17.0. The van der Waals surface area contributed by atoms with Gasteiger partial charge in [-0.05, 0) is 91.7 Å². The minimum Gasteiger partial charge on any atom is -0.550 e. The number of carbonyl (C=O) groups excluding carboxylic acids is 1. The normalized spacial score (nSPS) is 16.1. The smallest absolute Gasteiger partial charge is 0.550 e. The zero-order valence-electron chi connectivity index (χ0n) is 23.7. The number of aliphatic carboxylic acids is 1. The number of rotatable bonds is 17. The van der Waals surface area contributed by atoms with Gasteiger partial charge in [0.05, 0.1) is 0 Å². The summed E-state index contributed by atoms with van der Waals surface area (Å²) >= 11 is 0. The third kappa shape index (κ3) is 12.5. The number of benzene rings is 1. The Balaban J connectivity index is 0.00000612. The molecule has 0 amide bonds. The molecule has 0 radical (unpaired) electrons. The van der Waals surface area contributed by atoms with E-state index in [0.29, 0.717) is 10.8 Å². The van der Waals surface area contributed by atoms with Crippen LogP contribution in [0.1, 0.15) is 147 Å². The molecule has 192 valence electrons. The summed E-state index contributed by atoms with van der Waals surface area (Å²) in [4.78, 5) is 10.4. The molecule has 0 fully saturated rings. The minimum atomic E-state index is -0.915. The van der Waals surface area contributed by atoms with Crippen LogP contribution in [0.3, 0.4) is 0 Å². The second-order valence-electron chi connectivity index (χ2n) is 12.0. The van der Waals surface area contributed by atoms with Crippen LogP contribution in [0.2, 0.25) is 0 Å². The molecule has 0 aliphatic heterocycles. The van der Waals surface area contributed by atoms with Crippen LogP contribution in [0.25, 0.3) is 0 Å². The first-order chi connectivity index (χ1) is 16.2. The summed E-state index contributed by atoms with van der Waals surface area (Å²) in [5.41, 5.74) is 5.35. The molecule has 1 aliphatic rings. The largest absolute Gasteiger partial charge is 1.00 e. The van der Waals surface area contributed by atoms with Gasteiger partial charge in [-0.25, -0.2) is 0 Å². The van der Waals surface area contributed by atoms with Gasteiger partial charge in [-0.2, -0.15) is 0 Å². The molecular formula is C32H51NaO2. The number of carbonyl (C=O) groups is 1. The summed E-state index contributed by atoms with van der Waals surface area (Å²) in [7, 11) is 0. The average Bonchev–Trinajstić information content (AvgIpc) is 2.79. The van der Waals surface area contributed by atoms with E-state index in [1.807, 2.05) is 0 Å². The third-order valence-corrected chi connectivity index (χ3v) is 7.92. The zero-order chi connectivity index (χ0) is 24.9. The van der Waals surface area contributed by atoms with Crippen molar-refractivity contribution >= 4 is 5.97 Å². The van der Waals surface area contributed by atoms with Crippen molar-refractivity contribution in [2.75, 3.05) is 0 Å². The first-order valence-electron chi connectivity index (χ1n) is 14.2. The van der Waals surface area contributed by atoms with Gasteiger partial charge in [0.2, 0.25) is 0 Å². The summed E-state index contributed by atoms with van der Waals surface area (Å²) < 4.78 is 0. The quantitative estimate of drug-likeness (QED) is 0.168. The molecule has 0 saturated carbocycles. The van der Waals surface area contributed by atoms with Gasteiger partial charge in [0.15, 0.2) is 0 Å². The van der Waals surface area contributed by atoms with Crippen molar-refractivity contribution in [1.82, 2.24) is 0 Å². The number of hydrogen-bond donors (Lipinski definition) is 0. The van der Waals surface area contributed by atoms with Crippen molar-refractivity contribution in [1.29, 1.82) is 0 Å². The van der Waals surface area contributed by atoms with Crippen LogP contribution in [0.4, 0.5) is 0 Å². The Morgan fingerprint density at radius 3 is 1.80 bits per heavy atom. The molecule has 2 rings (SSSR count). The number of carboxylic acids is 1. The predicted molar refractivity (Wildman–Crippen MR) is 144 cm³/mol. The Morgan fingerprint density at radius 2 is 1.23 bits per heavy atom. The van der Waals surface area contributed by atoms with Crippen molar-refractivity contribution in [3.05, 3.63) is 47.0 Å². The Labute approximate surface area is 239 Å². The summed E-state index contributed by atoms with van der Waals surface area (Å²) in [5, 5.41) is 10.4. The van der Waals surface area contributed by atoms with Gasteiger partial charge in [-0.3, -0.25) is 0 Å². The molecule has 1 aromatic rings. The molecule has 0 spiro atoms. The van der Waals surface area contributed by atoms with Crippen LogP contribution >= 0.6 is 0 Å². The maximum absolute atomic E-state index is 10.4. The first-order valence-corrected chi connectivity index (χ1v) is 14.2. The maximum atomic E-state index is 10.4. The molecule has 35 heavy (non-hydrogen) atoms. The molecule has 0 saturated heterocycles. The fourth-order valence-electron chi connectivity index (χ4n) is 5.39. The fraction of sp³-hybridized carbons (Fsp3) is 0.719. The van der Waals surface area contributed by atoms with E-state index in [9.17, 15) is 9.90 Å². The molecule has 1 aromatic carbocycles. The van der Waals surface area contributed by atoms with E-state index in [1.165, 1.54) is 82.6 Å². The predicted octanol–water partition coefficient (Wildman–Crippen LogP) is 5.35. The molecule has 0 bridgehead atoms. The van der Waals surface area contributed by atoms with Crippen molar-refractivity contribution < 1.29 is 39.5 Å². The Kier molecular flexibility index (Phi) is 15.8. The molecule has 0 heterocycles. The second-order valence-corrected chi connectivity index (χ2v) is 12.0. The molecule has 0 atom stereocenters. The topological polar surface area (TPSA) is 40.1 Å². The van der Waals surface area contributed by atoms with E-state index < -0.39 is 5.97 Å². The molecule has 1 aliphatic carbocycles. The van der Waals surface area contributed by atoms with Crippen molar-refractivity contribution in [2.45, 2.75) is 148 Å². The maximum Gasteiger partial charge on any atom is 1.00 e. The number of fused-ring (bicyclic) bond motifs is 1. The third-order valence-electron chi connectivity index (χ3n) is 7.92. The van der Waals surface area contributed by atoms with Gasteiger partial charge >= 0.3 is 29.6 Å². The van der Waals surface area contributed by atoms with Crippen LogP contribution < -0.4 is 34.7 Å². The first kappa shape index (κ1) is 32.5. The summed E-state index contributed by atoms with van der Waals surface area (Å²) in [6.45, 7) is 9.66. The van der Waals surface area contributed by atoms with Crippen LogP contribution in [0.5, 0.6) is 0 Å². The van der Waals surface area contributed by atoms with Gasteiger partial charge in [-0.15, -0.1) is 0 Å². The summed E-state index contributed by atoms with van der Waals surface area (Å²) in [5.74, 6) is -0.915. The number of unbranched alkanes of at least 4 members (excludes halogenated alkanes) is 11. The monoisotopic (exact) mass is 490 g/mol. The Hall–Kier alpha value is -0.570. The molecule has 0 aromatic heterocycles. The van der Waals surface area contributed by atoms with E-state index in [4.69, 9.17) is 0 Å². The zero-order valence-corrected chi connectivity index (χ0v) is 25.7. The Morgan fingerprint density at radius 1 is 0.743 bits per heavy atom. The van der Waals surface area contributed by atoms with E-state index in [2.05, 4.69) is 58.0 Å². The van der Waals surface area contributed by atoms with Crippen molar-refractivity contribution in [3.8, 4) is 0 Å². The standard InChI is InChI=1S/C32H52O2.Na/c1-31(2)24-25-32(3,4)29-26-27(22-23-28(29)31)20-18-16-14-12-10-8-6-5-7-9-11-13-15-17-19-21-30(33)34;/h5,7,22-23,26H,6,8-21,24-25H2,1-4H3,(H,33,34);/q;+1/p-1/b7-5-;. The van der Waals surface area contributed by atoms with E-state index in [1.54, 1.807) is 11.1 Å². The Bertz CT molecular complexity index is 763. The number of allylic oxidation sites excluding steroid dienone is 2. The van der Waals surface area contributed by atoms with Crippen LogP contribution in [0.15, 0.2) is 30.4 Å². The number of hydrogen-bond acceptors (Lipinski definition) is 2. The van der Waals surface area contributed by atoms with E-state index in [0.717, 1.165) is 25.7 Å². The van der Waals surface area contributed by atoms with E-state index >= 15 is 0 Å². The minimum absolute atomic E-state index is 0. The summed E-state index contributed by atoms with van der Waals surface area (Å²) in [6.07, 6.45) is 24.5. The van der Waals surface area contributed by atoms with Gasteiger partial charge in [0, 0.05) is 5.97 Å². The average molecular weight is 491 g/mol. The van der Waals surface area contributed by atoms with Crippen LogP contribution in [-0.2, 0) is 22.0 Å². The molecule has 0 unspecified atom stereocenters. The molecular weight excluding hydrogens is 439 g/mol.